The van der Waals surface area contributed by atoms with Crippen LogP contribution in [0, 0.1) is 18.2 Å². The van der Waals surface area contributed by atoms with Gasteiger partial charge in [0.2, 0.25) is 0 Å². The van der Waals surface area contributed by atoms with Crippen molar-refractivity contribution < 1.29 is 4.39 Å². The molecule has 0 amide bonds. The Labute approximate surface area is 198 Å². The summed E-state index contributed by atoms with van der Waals surface area (Å²) >= 11 is 0. The van der Waals surface area contributed by atoms with Crippen LogP contribution in [0.15, 0.2) is 89.7 Å². The minimum Gasteiger partial charge on any atom is -0.342 e. The van der Waals surface area contributed by atoms with Crippen molar-refractivity contribution in [3.05, 3.63) is 102 Å². The Balaban J connectivity index is 0.000000257. The highest BCUT2D eigenvalue weighted by molar-refractivity contribution is 5.97. The zero-order valence-corrected chi connectivity index (χ0v) is 20.5. The van der Waals surface area contributed by atoms with E-state index in [-0.39, 0.29) is 17.3 Å². The number of nitrogens with two attached hydrogens (primary N) is 1. The fourth-order valence-corrected chi connectivity index (χ4v) is 3.03. The third-order valence-electron chi connectivity index (χ3n) is 5.35. The molecule has 33 heavy (non-hydrogen) atoms. The Hall–Kier alpha value is -3.18. The SMILES string of the molecule is C=C(C)C(N)Cc1ccccc1F.C=C(NC1=NCC(C(C)(C)C)=C1)Nc1ccc(C)cc1. The minimum absolute atomic E-state index is 0.156. The average molecular weight is 449 g/mol. The van der Waals surface area contributed by atoms with E-state index < -0.39 is 0 Å². The summed E-state index contributed by atoms with van der Waals surface area (Å²) in [6, 6.07) is 14.7. The van der Waals surface area contributed by atoms with E-state index in [2.05, 4.69) is 74.7 Å². The molecule has 1 aliphatic rings. The molecule has 2 aromatic rings. The summed E-state index contributed by atoms with van der Waals surface area (Å²) in [5.41, 5.74) is 11.0. The van der Waals surface area contributed by atoms with Crippen molar-refractivity contribution >= 4 is 11.5 Å². The molecule has 4 nitrogen and oxygen atoms in total. The number of rotatable bonds is 6. The summed E-state index contributed by atoms with van der Waals surface area (Å²) in [5, 5.41) is 6.45. The van der Waals surface area contributed by atoms with Gasteiger partial charge in [0.1, 0.15) is 17.5 Å². The molecule has 5 heteroatoms. The molecule has 0 fully saturated rings. The van der Waals surface area contributed by atoms with Crippen molar-refractivity contribution in [2.75, 3.05) is 11.9 Å². The molecule has 0 spiro atoms. The Morgan fingerprint density at radius 1 is 1.09 bits per heavy atom. The molecule has 3 rings (SSSR count). The predicted octanol–water partition coefficient (Wildman–Crippen LogP) is 6.12. The molecule has 1 atom stereocenters. The maximum absolute atomic E-state index is 13.1. The Kier molecular flexibility index (Phi) is 9.18. The van der Waals surface area contributed by atoms with Crippen molar-refractivity contribution in [2.24, 2.45) is 16.1 Å². The van der Waals surface area contributed by atoms with E-state index in [1.165, 1.54) is 17.2 Å². The second-order valence-corrected chi connectivity index (χ2v) is 9.46. The normalized spacial score (nSPS) is 13.8. The highest BCUT2D eigenvalue weighted by Gasteiger charge is 2.20. The van der Waals surface area contributed by atoms with Gasteiger partial charge in [-0.3, -0.25) is 4.99 Å². The summed E-state index contributed by atoms with van der Waals surface area (Å²) in [5.74, 6) is 1.41. The van der Waals surface area contributed by atoms with Crippen LogP contribution < -0.4 is 16.4 Å². The molecule has 0 saturated heterocycles. The molecule has 0 aliphatic carbocycles. The van der Waals surface area contributed by atoms with Crippen LogP contribution in [0.4, 0.5) is 10.1 Å². The van der Waals surface area contributed by atoms with Gasteiger partial charge in [-0.15, -0.1) is 0 Å². The number of aryl methyl sites for hydroxylation is 1. The summed E-state index contributed by atoms with van der Waals surface area (Å²) in [6.45, 7) is 19.0. The highest BCUT2D eigenvalue weighted by atomic mass is 19.1. The maximum atomic E-state index is 13.1. The van der Waals surface area contributed by atoms with Crippen LogP contribution in [0.2, 0.25) is 0 Å². The molecular weight excluding hydrogens is 411 g/mol. The fraction of sp³-hybridized carbons (Fsp3) is 0.321. The first-order chi connectivity index (χ1) is 15.5. The van der Waals surface area contributed by atoms with Gasteiger partial charge in [0, 0.05) is 11.7 Å². The van der Waals surface area contributed by atoms with Crippen molar-refractivity contribution in [3.63, 3.8) is 0 Å². The van der Waals surface area contributed by atoms with Crippen LogP contribution in [0.1, 0.15) is 38.8 Å². The third kappa shape index (κ3) is 8.70. The lowest BCUT2D eigenvalue weighted by Crippen LogP contribution is -2.24. The van der Waals surface area contributed by atoms with Gasteiger partial charge in [-0.1, -0.05) is 75.4 Å². The number of benzene rings is 2. The lowest BCUT2D eigenvalue weighted by atomic mass is 9.87. The third-order valence-corrected chi connectivity index (χ3v) is 5.35. The van der Waals surface area contributed by atoms with E-state index in [0.717, 1.165) is 29.5 Å². The molecule has 1 aliphatic heterocycles. The van der Waals surface area contributed by atoms with Crippen LogP contribution >= 0.6 is 0 Å². The molecule has 0 saturated carbocycles. The Bertz CT molecular complexity index is 1030. The first-order valence-electron chi connectivity index (χ1n) is 11.1. The molecule has 4 N–H and O–H groups in total. The second kappa shape index (κ2) is 11.6. The monoisotopic (exact) mass is 448 g/mol. The van der Waals surface area contributed by atoms with Gasteiger partial charge in [0.05, 0.1) is 6.54 Å². The van der Waals surface area contributed by atoms with Crippen molar-refractivity contribution in [3.8, 4) is 0 Å². The van der Waals surface area contributed by atoms with Gasteiger partial charge >= 0.3 is 0 Å². The summed E-state index contributed by atoms with van der Waals surface area (Å²) < 4.78 is 13.1. The van der Waals surface area contributed by atoms with E-state index in [9.17, 15) is 4.39 Å². The van der Waals surface area contributed by atoms with Gasteiger partial charge < -0.3 is 16.4 Å². The Morgan fingerprint density at radius 3 is 2.27 bits per heavy atom. The first kappa shape index (κ1) is 26.1. The smallest absolute Gasteiger partial charge is 0.126 e. The molecule has 0 radical (unpaired) electrons. The van der Waals surface area contributed by atoms with Gasteiger partial charge in [0.15, 0.2) is 0 Å². The maximum Gasteiger partial charge on any atom is 0.126 e. The van der Waals surface area contributed by atoms with E-state index in [1.54, 1.807) is 12.1 Å². The summed E-state index contributed by atoms with van der Waals surface area (Å²) in [7, 11) is 0. The van der Waals surface area contributed by atoms with Crippen molar-refractivity contribution in [1.29, 1.82) is 0 Å². The molecule has 176 valence electrons. The number of hydrogen-bond acceptors (Lipinski definition) is 4. The fourth-order valence-electron chi connectivity index (χ4n) is 3.03. The molecule has 1 unspecified atom stereocenters. The van der Waals surface area contributed by atoms with Gasteiger partial charge in [0.25, 0.3) is 0 Å². The van der Waals surface area contributed by atoms with Gasteiger partial charge in [-0.05, 0) is 61.1 Å². The van der Waals surface area contributed by atoms with Crippen molar-refractivity contribution in [1.82, 2.24) is 5.32 Å². The van der Waals surface area contributed by atoms with Crippen molar-refractivity contribution in [2.45, 2.75) is 47.1 Å². The number of amidine groups is 1. The largest absolute Gasteiger partial charge is 0.342 e. The topological polar surface area (TPSA) is 62.4 Å². The number of nitrogens with one attached hydrogen (secondary N) is 2. The lowest BCUT2D eigenvalue weighted by Gasteiger charge is -2.18. The van der Waals surface area contributed by atoms with Gasteiger partial charge in [-0.25, -0.2) is 4.39 Å². The van der Waals surface area contributed by atoms with Crippen LogP contribution in [0.25, 0.3) is 0 Å². The van der Waals surface area contributed by atoms with Crippen LogP contribution in [0.3, 0.4) is 0 Å². The predicted molar refractivity (Wildman–Crippen MR) is 140 cm³/mol. The number of halogens is 1. The van der Waals surface area contributed by atoms with E-state index >= 15 is 0 Å². The first-order valence-corrected chi connectivity index (χ1v) is 11.1. The zero-order chi connectivity index (χ0) is 24.6. The van der Waals surface area contributed by atoms with Crippen LogP contribution in [-0.2, 0) is 6.42 Å². The molecule has 2 aromatic carbocycles. The van der Waals surface area contributed by atoms with E-state index in [0.29, 0.717) is 12.0 Å². The lowest BCUT2D eigenvalue weighted by molar-refractivity contribution is 0.499. The number of hydrogen-bond donors (Lipinski definition) is 3. The van der Waals surface area contributed by atoms with Gasteiger partial charge in [-0.2, -0.15) is 0 Å². The average Bonchev–Trinajstić information content (AvgIpc) is 3.21. The second-order valence-electron chi connectivity index (χ2n) is 9.46. The number of anilines is 1. The van der Waals surface area contributed by atoms with E-state index in [1.807, 2.05) is 25.1 Å². The zero-order valence-electron chi connectivity index (χ0n) is 20.5. The quantitative estimate of drug-likeness (QED) is 0.466. The van der Waals surface area contributed by atoms with Crippen LogP contribution in [-0.4, -0.2) is 18.4 Å². The van der Waals surface area contributed by atoms with Crippen LogP contribution in [0.5, 0.6) is 0 Å². The molecular formula is C28H37FN4. The minimum atomic E-state index is -0.195. The molecule has 1 heterocycles. The highest BCUT2D eigenvalue weighted by Crippen LogP contribution is 2.27. The number of nitrogens with zero attached hydrogens (tertiary/aromatic N) is 1. The van der Waals surface area contributed by atoms with E-state index in [4.69, 9.17) is 5.73 Å². The standard InChI is InChI=1S/C17H23N3.C11H14FN/c1-12-6-8-15(9-7-12)19-13(2)20-16-10-14(11-18-16)17(3,4)5;1-8(2)11(13)7-9-5-3-4-6-10(9)12/h6-10,19H,2,11H2,1,3-5H3,(H,18,20);3-6,11H,1,7,13H2,2H3. The summed E-state index contributed by atoms with van der Waals surface area (Å²) in [6.07, 6.45) is 2.63. The molecule has 0 bridgehead atoms. The summed E-state index contributed by atoms with van der Waals surface area (Å²) in [4.78, 5) is 4.49. The molecule has 0 aromatic heterocycles. The Morgan fingerprint density at radius 2 is 1.73 bits per heavy atom. The number of aliphatic imine (C=N–C) groups is 1.